The van der Waals surface area contributed by atoms with Crippen molar-refractivity contribution in [2.24, 2.45) is 0 Å². The summed E-state index contributed by atoms with van der Waals surface area (Å²) < 4.78 is 12.2. The number of aryl methyl sites for hydroxylation is 1. The van der Waals surface area contributed by atoms with E-state index in [9.17, 15) is 0 Å². The van der Waals surface area contributed by atoms with Gasteiger partial charge in [-0.15, -0.1) is 5.10 Å². The van der Waals surface area contributed by atoms with E-state index in [4.69, 9.17) is 15.2 Å². The predicted octanol–water partition coefficient (Wildman–Crippen LogP) is 1.38. The van der Waals surface area contributed by atoms with Crippen LogP contribution >= 0.6 is 0 Å². The highest BCUT2D eigenvalue weighted by atomic mass is 16.5. The molecule has 0 aliphatic rings. The highest BCUT2D eigenvalue weighted by Crippen LogP contribution is 2.34. The van der Waals surface area contributed by atoms with E-state index in [-0.39, 0.29) is 0 Å². The lowest BCUT2D eigenvalue weighted by Gasteiger charge is -2.14. The lowest BCUT2D eigenvalue weighted by molar-refractivity contribution is 0.355. The normalized spacial score (nSPS) is 10.3. The van der Waals surface area contributed by atoms with Crippen LogP contribution < -0.4 is 20.5 Å². The Kier molecular flexibility index (Phi) is 4.65. The molecule has 0 unspecified atom stereocenters. The Morgan fingerprint density at radius 2 is 2.00 bits per heavy atom. The third-order valence-corrected chi connectivity index (χ3v) is 2.91. The standard InChI is InChI=1S/C13H19N5O2/c1-19-12-8-10(14)11(9-13(12)20-2)15-4-3-6-18-7-5-16-17-18/h5,7-9,15H,3-4,6,14H2,1-2H3. The molecule has 7 nitrogen and oxygen atoms in total. The van der Waals surface area contributed by atoms with Crippen LogP contribution in [0.4, 0.5) is 11.4 Å². The number of nitrogen functional groups attached to an aromatic ring is 1. The monoisotopic (exact) mass is 277 g/mol. The lowest BCUT2D eigenvalue weighted by atomic mass is 10.2. The summed E-state index contributed by atoms with van der Waals surface area (Å²) in [6.07, 6.45) is 4.42. The molecule has 0 fully saturated rings. The van der Waals surface area contributed by atoms with Gasteiger partial charge >= 0.3 is 0 Å². The Hall–Kier alpha value is -2.44. The Labute approximate surface area is 117 Å². The van der Waals surface area contributed by atoms with E-state index in [0.717, 1.165) is 25.2 Å². The first-order valence-corrected chi connectivity index (χ1v) is 6.34. The first-order chi connectivity index (χ1) is 9.74. The zero-order valence-electron chi connectivity index (χ0n) is 11.7. The number of nitrogens with zero attached hydrogens (tertiary/aromatic N) is 3. The summed E-state index contributed by atoms with van der Waals surface area (Å²) in [7, 11) is 3.19. The van der Waals surface area contributed by atoms with Gasteiger partial charge in [0.1, 0.15) is 0 Å². The van der Waals surface area contributed by atoms with Gasteiger partial charge in [-0.2, -0.15) is 0 Å². The summed E-state index contributed by atoms with van der Waals surface area (Å²) in [6.45, 7) is 1.58. The van der Waals surface area contributed by atoms with E-state index in [1.54, 1.807) is 31.2 Å². The first kappa shape index (κ1) is 14.0. The van der Waals surface area contributed by atoms with Crippen LogP contribution in [0, 0.1) is 0 Å². The third kappa shape index (κ3) is 3.31. The van der Waals surface area contributed by atoms with Crippen molar-refractivity contribution in [2.45, 2.75) is 13.0 Å². The maximum Gasteiger partial charge on any atom is 0.162 e. The third-order valence-electron chi connectivity index (χ3n) is 2.91. The molecule has 0 amide bonds. The van der Waals surface area contributed by atoms with E-state index >= 15 is 0 Å². The smallest absolute Gasteiger partial charge is 0.162 e. The number of aromatic nitrogens is 3. The van der Waals surface area contributed by atoms with Crippen molar-refractivity contribution in [3.8, 4) is 11.5 Å². The largest absolute Gasteiger partial charge is 0.493 e. The van der Waals surface area contributed by atoms with Crippen molar-refractivity contribution in [1.29, 1.82) is 0 Å². The number of methoxy groups -OCH3 is 2. The quantitative estimate of drug-likeness (QED) is 0.587. The fourth-order valence-corrected chi connectivity index (χ4v) is 1.86. The van der Waals surface area contributed by atoms with Crippen molar-refractivity contribution in [2.75, 3.05) is 31.8 Å². The van der Waals surface area contributed by atoms with Crippen LogP contribution in [0.5, 0.6) is 11.5 Å². The van der Waals surface area contributed by atoms with Gasteiger partial charge < -0.3 is 20.5 Å². The number of anilines is 2. The van der Waals surface area contributed by atoms with Crippen molar-refractivity contribution < 1.29 is 9.47 Å². The molecule has 0 spiro atoms. The number of hydrogen-bond donors (Lipinski definition) is 2. The van der Waals surface area contributed by atoms with Crippen LogP contribution in [-0.2, 0) is 6.54 Å². The van der Waals surface area contributed by atoms with Crippen LogP contribution in [0.15, 0.2) is 24.5 Å². The summed E-state index contributed by atoms with van der Waals surface area (Å²) in [4.78, 5) is 0. The molecule has 1 heterocycles. The van der Waals surface area contributed by atoms with E-state index in [1.807, 2.05) is 12.3 Å². The molecule has 1 aromatic heterocycles. The number of benzene rings is 1. The van der Waals surface area contributed by atoms with Gasteiger partial charge in [0.25, 0.3) is 0 Å². The zero-order valence-corrected chi connectivity index (χ0v) is 11.7. The minimum absolute atomic E-state index is 0.623. The van der Waals surface area contributed by atoms with Gasteiger partial charge in [-0.05, 0) is 6.42 Å². The average Bonchev–Trinajstić information content (AvgIpc) is 2.97. The zero-order chi connectivity index (χ0) is 14.4. The number of rotatable bonds is 7. The van der Waals surface area contributed by atoms with Gasteiger partial charge in [-0.1, -0.05) is 5.21 Å². The Bertz CT molecular complexity index is 542. The molecule has 0 bridgehead atoms. The summed E-state index contributed by atoms with van der Waals surface area (Å²) in [6, 6.07) is 3.59. The number of nitrogens with one attached hydrogen (secondary N) is 1. The SMILES string of the molecule is COc1cc(N)c(NCCCn2ccnn2)cc1OC. The molecular weight excluding hydrogens is 258 g/mol. The van der Waals surface area contributed by atoms with Crippen LogP contribution in [0.3, 0.4) is 0 Å². The molecule has 2 aromatic rings. The van der Waals surface area contributed by atoms with Gasteiger partial charge in [-0.25, -0.2) is 0 Å². The second-order valence-electron chi connectivity index (χ2n) is 4.24. The molecule has 0 aliphatic carbocycles. The van der Waals surface area contributed by atoms with Gasteiger partial charge in [0.05, 0.1) is 31.8 Å². The van der Waals surface area contributed by atoms with E-state index < -0.39 is 0 Å². The molecular formula is C13H19N5O2. The first-order valence-electron chi connectivity index (χ1n) is 6.34. The molecule has 0 radical (unpaired) electrons. The van der Waals surface area contributed by atoms with Crippen molar-refractivity contribution in [3.63, 3.8) is 0 Å². The predicted molar refractivity (Wildman–Crippen MR) is 77.1 cm³/mol. The molecule has 0 aliphatic heterocycles. The van der Waals surface area contributed by atoms with Crippen molar-refractivity contribution >= 4 is 11.4 Å². The Balaban J connectivity index is 1.92. The number of nitrogens with two attached hydrogens (primary N) is 1. The maximum atomic E-state index is 5.97. The summed E-state index contributed by atoms with van der Waals surface area (Å²) in [5.41, 5.74) is 7.43. The number of ether oxygens (including phenoxy) is 2. The molecule has 7 heteroatoms. The Morgan fingerprint density at radius 1 is 1.25 bits per heavy atom. The number of hydrogen-bond acceptors (Lipinski definition) is 6. The average molecular weight is 277 g/mol. The van der Waals surface area contributed by atoms with Gasteiger partial charge in [0.15, 0.2) is 11.5 Å². The van der Waals surface area contributed by atoms with Crippen LogP contribution in [0.25, 0.3) is 0 Å². The Morgan fingerprint density at radius 3 is 2.65 bits per heavy atom. The second kappa shape index (κ2) is 6.65. The van der Waals surface area contributed by atoms with Crippen LogP contribution in [0.2, 0.25) is 0 Å². The van der Waals surface area contributed by atoms with Crippen molar-refractivity contribution in [1.82, 2.24) is 15.0 Å². The van der Waals surface area contributed by atoms with E-state index in [2.05, 4.69) is 15.6 Å². The van der Waals surface area contributed by atoms with E-state index in [1.165, 1.54) is 0 Å². The fourth-order valence-electron chi connectivity index (χ4n) is 1.86. The van der Waals surface area contributed by atoms with Crippen LogP contribution in [0.1, 0.15) is 6.42 Å². The van der Waals surface area contributed by atoms with Crippen molar-refractivity contribution in [3.05, 3.63) is 24.5 Å². The molecule has 0 saturated heterocycles. The highest BCUT2D eigenvalue weighted by molar-refractivity contribution is 5.71. The summed E-state index contributed by atoms with van der Waals surface area (Å²) >= 11 is 0. The second-order valence-corrected chi connectivity index (χ2v) is 4.24. The molecule has 0 saturated carbocycles. The summed E-state index contributed by atoms with van der Waals surface area (Å²) in [5.74, 6) is 1.28. The molecule has 3 N–H and O–H groups in total. The minimum Gasteiger partial charge on any atom is -0.493 e. The van der Waals surface area contributed by atoms with Gasteiger partial charge in [0, 0.05) is 31.4 Å². The van der Waals surface area contributed by atoms with E-state index in [0.29, 0.717) is 17.2 Å². The molecule has 20 heavy (non-hydrogen) atoms. The fraction of sp³-hybridized carbons (Fsp3) is 0.385. The molecule has 2 rings (SSSR count). The van der Waals surface area contributed by atoms with Crippen LogP contribution in [-0.4, -0.2) is 35.8 Å². The minimum atomic E-state index is 0.623. The molecule has 0 atom stereocenters. The molecule has 108 valence electrons. The maximum absolute atomic E-state index is 5.97. The molecule has 1 aromatic carbocycles. The summed E-state index contributed by atoms with van der Waals surface area (Å²) in [5, 5.41) is 10.9. The highest BCUT2D eigenvalue weighted by Gasteiger charge is 2.08. The lowest BCUT2D eigenvalue weighted by Crippen LogP contribution is -2.09. The topological polar surface area (TPSA) is 87.2 Å². The van der Waals surface area contributed by atoms with Gasteiger partial charge in [-0.3, -0.25) is 4.68 Å². The van der Waals surface area contributed by atoms with Gasteiger partial charge in [0.2, 0.25) is 0 Å².